The molecule has 1 amide bonds. The van der Waals surface area contributed by atoms with Gasteiger partial charge in [-0.3, -0.25) is 9.59 Å². The molecule has 1 aromatic carbocycles. The Morgan fingerprint density at radius 2 is 1.88 bits per heavy atom. The van der Waals surface area contributed by atoms with Crippen LogP contribution in [-0.2, 0) is 4.74 Å². The van der Waals surface area contributed by atoms with Crippen LogP contribution in [0.5, 0.6) is 0 Å². The molecule has 16 heavy (non-hydrogen) atoms. The van der Waals surface area contributed by atoms with Crippen LogP contribution in [0.25, 0.3) is 0 Å². The third-order valence-corrected chi connectivity index (χ3v) is 2.01. The van der Waals surface area contributed by atoms with Crippen LogP contribution >= 0.6 is 0 Å². The third-order valence-electron chi connectivity index (χ3n) is 2.01. The normalized spacial score (nSPS) is 9.56. The quantitative estimate of drug-likeness (QED) is 0.463. The largest absolute Gasteiger partial charge is 0.490 e. The van der Waals surface area contributed by atoms with Gasteiger partial charge in [-0.1, -0.05) is 24.8 Å². The lowest BCUT2D eigenvalue weighted by Gasteiger charge is -2.08. The predicted molar refractivity (Wildman–Crippen MR) is 60.1 cm³/mol. The van der Waals surface area contributed by atoms with Gasteiger partial charge >= 0.3 is 0 Å². The van der Waals surface area contributed by atoms with Crippen molar-refractivity contribution in [3.05, 3.63) is 47.7 Å². The maximum Gasteiger partial charge on any atom is 0.249 e. The van der Waals surface area contributed by atoms with Crippen molar-refractivity contribution in [1.29, 1.82) is 0 Å². The number of rotatable bonds is 5. The summed E-state index contributed by atoms with van der Waals surface area (Å²) in [6.45, 7) is 5.60. The van der Waals surface area contributed by atoms with Gasteiger partial charge in [0.05, 0.1) is 12.2 Å². The highest BCUT2D eigenvalue weighted by Gasteiger charge is 2.17. The summed E-state index contributed by atoms with van der Waals surface area (Å²) in [6.07, 6.45) is 0. The summed E-state index contributed by atoms with van der Waals surface area (Å²) in [5, 5.41) is 0. The van der Waals surface area contributed by atoms with Gasteiger partial charge < -0.3 is 10.5 Å². The van der Waals surface area contributed by atoms with Crippen molar-refractivity contribution in [2.24, 2.45) is 5.73 Å². The molecule has 0 unspecified atom stereocenters. The molecule has 84 valence electrons. The van der Waals surface area contributed by atoms with Gasteiger partial charge in [-0.25, -0.2) is 0 Å². The average molecular weight is 219 g/mol. The Balaban J connectivity index is 3.08. The van der Waals surface area contributed by atoms with Crippen LogP contribution in [0.2, 0.25) is 0 Å². The van der Waals surface area contributed by atoms with Gasteiger partial charge in [0.15, 0.2) is 5.76 Å². The van der Waals surface area contributed by atoms with Crippen LogP contribution in [0, 0.1) is 0 Å². The number of amides is 1. The number of Topliss-reactive ketones (excluding diaryl/α,β-unsaturated/α-hetero) is 1. The molecule has 0 aromatic heterocycles. The number of carbonyl (C=O) groups excluding carboxylic acids is 2. The van der Waals surface area contributed by atoms with Crippen molar-refractivity contribution in [3.63, 3.8) is 0 Å². The minimum absolute atomic E-state index is 0.0104. The van der Waals surface area contributed by atoms with Gasteiger partial charge in [-0.05, 0) is 13.0 Å². The van der Waals surface area contributed by atoms with E-state index in [9.17, 15) is 9.59 Å². The SMILES string of the molecule is C=C(OCC)C(=O)c1ccccc1C(N)=O. The molecule has 1 rings (SSSR count). The van der Waals surface area contributed by atoms with Crippen molar-refractivity contribution < 1.29 is 14.3 Å². The molecular weight excluding hydrogens is 206 g/mol. The van der Waals surface area contributed by atoms with Crippen molar-refractivity contribution in [2.75, 3.05) is 6.61 Å². The molecule has 0 aliphatic rings. The molecule has 1 aromatic rings. The second kappa shape index (κ2) is 5.11. The topological polar surface area (TPSA) is 69.4 Å². The van der Waals surface area contributed by atoms with Crippen LogP contribution in [0.4, 0.5) is 0 Å². The number of ketones is 1. The molecule has 0 fully saturated rings. The van der Waals surface area contributed by atoms with Crippen molar-refractivity contribution in [2.45, 2.75) is 6.92 Å². The van der Waals surface area contributed by atoms with Crippen molar-refractivity contribution >= 4 is 11.7 Å². The first-order chi connectivity index (χ1) is 7.57. The van der Waals surface area contributed by atoms with E-state index >= 15 is 0 Å². The second-order valence-corrected chi connectivity index (χ2v) is 3.10. The summed E-state index contributed by atoms with van der Waals surface area (Å²) in [5.41, 5.74) is 5.56. The summed E-state index contributed by atoms with van der Waals surface area (Å²) in [6, 6.07) is 6.31. The number of ether oxygens (including phenoxy) is 1. The average Bonchev–Trinajstić information content (AvgIpc) is 2.28. The van der Waals surface area contributed by atoms with Crippen LogP contribution in [0.15, 0.2) is 36.6 Å². The first-order valence-electron chi connectivity index (χ1n) is 4.83. The Hall–Kier alpha value is -2.10. The van der Waals surface area contributed by atoms with E-state index in [1.807, 2.05) is 0 Å². The van der Waals surface area contributed by atoms with Gasteiger partial charge in [0.1, 0.15) is 0 Å². The molecule has 0 saturated heterocycles. The molecule has 4 nitrogen and oxygen atoms in total. The number of carbonyl (C=O) groups is 2. The monoisotopic (exact) mass is 219 g/mol. The predicted octanol–water partition coefficient (Wildman–Crippen LogP) is 1.52. The highest BCUT2D eigenvalue weighted by atomic mass is 16.5. The highest BCUT2D eigenvalue weighted by molar-refractivity contribution is 6.13. The van der Waals surface area contributed by atoms with E-state index in [0.29, 0.717) is 6.61 Å². The summed E-state index contributed by atoms with van der Waals surface area (Å²) < 4.78 is 5.00. The van der Waals surface area contributed by atoms with E-state index < -0.39 is 11.7 Å². The van der Waals surface area contributed by atoms with E-state index in [2.05, 4.69) is 6.58 Å². The molecule has 0 aliphatic carbocycles. The molecule has 0 spiro atoms. The number of primary amides is 1. The zero-order chi connectivity index (χ0) is 12.1. The van der Waals surface area contributed by atoms with Crippen LogP contribution in [-0.4, -0.2) is 18.3 Å². The first-order valence-corrected chi connectivity index (χ1v) is 4.83. The molecule has 0 aliphatic heterocycles. The molecule has 2 N–H and O–H groups in total. The van der Waals surface area contributed by atoms with Gasteiger partial charge in [-0.15, -0.1) is 0 Å². The minimum Gasteiger partial charge on any atom is -0.490 e. The summed E-state index contributed by atoms with van der Waals surface area (Å²) in [5.74, 6) is -1.05. The van der Waals surface area contributed by atoms with Gasteiger partial charge in [0, 0.05) is 5.56 Å². The Kier molecular flexibility index (Phi) is 3.83. The molecule has 0 radical (unpaired) electrons. The van der Waals surface area contributed by atoms with Gasteiger partial charge in [0.2, 0.25) is 11.7 Å². The number of benzene rings is 1. The highest BCUT2D eigenvalue weighted by Crippen LogP contribution is 2.13. The summed E-state index contributed by atoms with van der Waals surface area (Å²) in [4.78, 5) is 22.9. The fourth-order valence-corrected chi connectivity index (χ4v) is 1.29. The standard InChI is InChI=1S/C12H13NO3/c1-3-16-8(2)11(14)9-6-4-5-7-10(9)12(13)15/h4-7H,2-3H2,1H3,(H2,13,15). The zero-order valence-corrected chi connectivity index (χ0v) is 9.03. The van der Waals surface area contributed by atoms with Crippen molar-refractivity contribution in [1.82, 2.24) is 0 Å². The Bertz CT molecular complexity index is 438. The second-order valence-electron chi connectivity index (χ2n) is 3.10. The third kappa shape index (κ3) is 2.48. The van der Waals surface area contributed by atoms with Crippen LogP contribution in [0.3, 0.4) is 0 Å². The van der Waals surface area contributed by atoms with E-state index in [-0.39, 0.29) is 16.9 Å². The first kappa shape index (κ1) is 12.0. The molecule has 0 bridgehead atoms. The van der Waals surface area contributed by atoms with E-state index in [0.717, 1.165) is 0 Å². The number of hydrogen-bond donors (Lipinski definition) is 1. The lowest BCUT2D eigenvalue weighted by atomic mass is 10.0. The van der Waals surface area contributed by atoms with Crippen molar-refractivity contribution in [3.8, 4) is 0 Å². The lowest BCUT2D eigenvalue weighted by Crippen LogP contribution is -2.17. The lowest BCUT2D eigenvalue weighted by molar-refractivity contribution is 0.0917. The Morgan fingerprint density at radius 3 is 2.38 bits per heavy atom. The summed E-state index contributed by atoms with van der Waals surface area (Å²) in [7, 11) is 0. The van der Waals surface area contributed by atoms with E-state index in [1.165, 1.54) is 12.1 Å². The van der Waals surface area contributed by atoms with Gasteiger partial charge in [-0.2, -0.15) is 0 Å². The molecule has 0 atom stereocenters. The Labute approximate surface area is 93.7 Å². The van der Waals surface area contributed by atoms with E-state index in [1.54, 1.807) is 19.1 Å². The maximum absolute atomic E-state index is 11.8. The molecule has 0 saturated carbocycles. The Morgan fingerprint density at radius 1 is 1.31 bits per heavy atom. The van der Waals surface area contributed by atoms with Crippen LogP contribution < -0.4 is 5.73 Å². The maximum atomic E-state index is 11.8. The minimum atomic E-state index is -0.645. The molecule has 0 heterocycles. The fourth-order valence-electron chi connectivity index (χ4n) is 1.29. The number of hydrogen-bond acceptors (Lipinski definition) is 3. The summed E-state index contributed by atoms with van der Waals surface area (Å²) >= 11 is 0. The molecule has 4 heteroatoms. The fraction of sp³-hybridized carbons (Fsp3) is 0.167. The smallest absolute Gasteiger partial charge is 0.249 e. The number of nitrogens with two attached hydrogens (primary N) is 1. The van der Waals surface area contributed by atoms with E-state index in [4.69, 9.17) is 10.5 Å². The molecular formula is C12H13NO3. The van der Waals surface area contributed by atoms with Crippen LogP contribution in [0.1, 0.15) is 27.6 Å². The van der Waals surface area contributed by atoms with Gasteiger partial charge in [0.25, 0.3) is 0 Å². The number of allylic oxidation sites excluding steroid dienone is 1. The zero-order valence-electron chi connectivity index (χ0n) is 9.03.